The zero-order valence-electron chi connectivity index (χ0n) is 4.83. The Labute approximate surface area is 48.6 Å². The first-order valence-electron chi connectivity index (χ1n) is 2.40. The summed E-state index contributed by atoms with van der Waals surface area (Å²) in [5.74, 6) is -1.98. The van der Waals surface area contributed by atoms with E-state index in [-0.39, 0.29) is 6.42 Å². The molecule has 0 saturated heterocycles. The van der Waals surface area contributed by atoms with Gasteiger partial charge in [0.1, 0.15) is 0 Å². The minimum Gasteiger partial charge on any atom is -0.393 e. The third-order valence-electron chi connectivity index (χ3n) is 0.622. The lowest BCUT2D eigenvalue weighted by atomic mass is 10.1. The number of hydrogen-bond donors (Lipinski definition) is 3. The summed E-state index contributed by atoms with van der Waals surface area (Å²) in [7, 11) is 0. The van der Waals surface area contributed by atoms with Gasteiger partial charge in [-0.3, -0.25) is 0 Å². The van der Waals surface area contributed by atoms with Crippen LogP contribution in [0.5, 0.6) is 0 Å². The predicted octanol–water partition coefficient (Wildman–Crippen LogP) is -0.728. The van der Waals surface area contributed by atoms with Gasteiger partial charge in [0.05, 0.1) is 6.10 Å². The van der Waals surface area contributed by atoms with Gasteiger partial charge in [-0.05, 0) is 6.92 Å². The van der Waals surface area contributed by atoms with E-state index in [2.05, 4.69) is 6.92 Å². The molecule has 0 fully saturated rings. The molecule has 0 bridgehead atoms. The van der Waals surface area contributed by atoms with Crippen molar-refractivity contribution in [3.63, 3.8) is 0 Å². The molecule has 0 spiro atoms. The molecule has 0 saturated carbocycles. The van der Waals surface area contributed by atoms with Crippen LogP contribution in [0, 0.1) is 6.92 Å². The van der Waals surface area contributed by atoms with Crippen LogP contribution < -0.4 is 0 Å². The van der Waals surface area contributed by atoms with E-state index in [1.165, 1.54) is 6.92 Å². The first-order valence-corrected chi connectivity index (χ1v) is 2.40. The Morgan fingerprint density at radius 2 is 2.00 bits per heavy atom. The molecule has 3 N–H and O–H groups in total. The molecule has 0 aromatic heterocycles. The number of aliphatic hydroxyl groups is 3. The molecular weight excluding hydrogens is 108 g/mol. The molecule has 0 amide bonds. The molecule has 1 atom stereocenters. The maximum absolute atomic E-state index is 8.53. The largest absolute Gasteiger partial charge is 0.393 e. The zero-order chi connectivity index (χ0) is 6.78. The van der Waals surface area contributed by atoms with Crippen molar-refractivity contribution in [2.75, 3.05) is 0 Å². The third-order valence-corrected chi connectivity index (χ3v) is 0.622. The minimum absolute atomic E-state index is 0.118. The average molecular weight is 119 g/mol. The minimum atomic E-state index is -1.98. The van der Waals surface area contributed by atoms with Gasteiger partial charge in [0.15, 0.2) is 5.79 Å². The van der Waals surface area contributed by atoms with Crippen molar-refractivity contribution in [1.82, 2.24) is 0 Å². The molecule has 0 aliphatic rings. The Kier molecular flexibility index (Phi) is 2.40. The summed E-state index contributed by atoms with van der Waals surface area (Å²) < 4.78 is 0. The standard InChI is InChI=1S/C5H11O3/c1-4(6)3-5(2,7)8/h4,6-8H,2-3H2,1H3. The maximum Gasteiger partial charge on any atom is 0.165 e. The summed E-state index contributed by atoms with van der Waals surface area (Å²) in [6.45, 7) is 4.43. The van der Waals surface area contributed by atoms with E-state index >= 15 is 0 Å². The topological polar surface area (TPSA) is 60.7 Å². The Morgan fingerprint density at radius 1 is 1.62 bits per heavy atom. The van der Waals surface area contributed by atoms with Gasteiger partial charge in [-0.2, -0.15) is 0 Å². The molecule has 0 aromatic carbocycles. The Morgan fingerprint density at radius 3 is 2.00 bits per heavy atom. The van der Waals surface area contributed by atoms with Gasteiger partial charge in [0, 0.05) is 13.3 Å². The first-order chi connectivity index (χ1) is 3.42. The molecule has 49 valence electrons. The lowest BCUT2D eigenvalue weighted by Gasteiger charge is -2.16. The van der Waals surface area contributed by atoms with Crippen LogP contribution in [0.15, 0.2) is 0 Å². The normalized spacial score (nSPS) is 16.1. The van der Waals surface area contributed by atoms with Gasteiger partial charge in [-0.15, -0.1) is 0 Å². The summed E-state index contributed by atoms with van der Waals surface area (Å²) >= 11 is 0. The van der Waals surface area contributed by atoms with Crippen LogP contribution in [-0.4, -0.2) is 27.2 Å². The van der Waals surface area contributed by atoms with Crippen LogP contribution in [0.2, 0.25) is 0 Å². The molecule has 3 nitrogen and oxygen atoms in total. The highest BCUT2D eigenvalue weighted by Crippen LogP contribution is 2.05. The average Bonchev–Trinajstić information content (AvgIpc) is 1.21. The fourth-order valence-corrected chi connectivity index (χ4v) is 0.473. The molecule has 1 unspecified atom stereocenters. The van der Waals surface area contributed by atoms with Gasteiger partial charge in [0.25, 0.3) is 0 Å². The van der Waals surface area contributed by atoms with Crippen molar-refractivity contribution in [3.05, 3.63) is 6.92 Å². The molecule has 0 rings (SSSR count). The summed E-state index contributed by atoms with van der Waals surface area (Å²) in [4.78, 5) is 0. The van der Waals surface area contributed by atoms with Crippen LogP contribution in [0.3, 0.4) is 0 Å². The monoisotopic (exact) mass is 119 g/mol. The van der Waals surface area contributed by atoms with Crippen LogP contribution in [0.4, 0.5) is 0 Å². The van der Waals surface area contributed by atoms with Gasteiger partial charge >= 0.3 is 0 Å². The van der Waals surface area contributed by atoms with Gasteiger partial charge in [-0.25, -0.2) is 0 Å². The van der Waals surface area contributed by atoms with E-state index in [1.54, 1.807) is 0 Å². The molecule has 8 heavy (non-hydrogen) atoms. The highest BCUT2D eigenvalue weighted by atomic mass is 16.5. The molecular formula is C5H11O3. The summed E-state index contributed by atoms with van der Waals surface area (Å²) in [6, 6.07) is 0. The van der Waals surface area contributed by atoms with E-state index in [0.29, 0.717) is 0 Å². The quantitative estimate of drug-likeness (QED) is 0.420. The lowest BCUT2D eigenvalue weighted by molar-refractivity contribution is -0.141. The third kappa shape index (κ3) is 5.88. The van der Waals surface area contributed by atoms with E-state index in [9.17, 15) is 0 Å². The van der Waals surface area contributed by atoms with Crippen molar-refractivity contribution in [2.45, 2.75) is 25.2 Å². The van der Waals surface area contributed by atoms with Crippen LogP contribution in [0.25, 0.3) is 0 Å². The molecule has 1 radical (unpaired) electrons. The van der Waals surface area contributed by atoms with Crippen LogP contribution in [-0.2, 0) is 0 Å². The van der Waals surface area contributed by atoms with Crippen molar-refractivity contribution >= 4 is 0 Å². The van der Waals surface area contributed by atoms with E-state index in [1.807, 2.05) is 0 Å². The second-order valence-corrected chi connectivity index (χ2v) is 2.04. The number of aliphatic hydroxyl groups excluding tert-OH is 1. The number of rotatable bonds is 2. The summed E-state index contributed by atoms with van der Waals surface area (Å²) in [5.41, 5.74) is 0. The maximum atomic E-state index is 8.53. The highest BCUT2D eigenvalue weighted by Gasteiger charge is 2.17. The highest BCUT2D eigenvalue weighted by molar-refractivity contribution is 4.68. The van der Waals surface area contributed by atoms with Crippen LogP contribution >= 0.6 is 0 Å². The van der Waals surface area contributed by atoms with Crippen molar-refractivity contribution in [3.8, 4) is 0 Å². The van der Waals surface area contributed by atoms with Crippen LogP contribution in [0.1, 0.15) is 13.3 Å². The fraction of sp³-hybridized carbons (Fsp3) is 0.800. The second kappa shape index (κ2) is 2.44. The van der Waals surface area contributed by atoms with Crippen molar-refractivity contribution < 1.29 is 15.3 Å². The first kappa shape index (κ1) is 7.88. The SMILES string of the molecule is [CH2]C(O)(O)CC(C)O. The number of hydrogen-bond acceptors (Lipinski definition) is 3. The Bertz CT molecular complexity index is 62.6. The van der Waals surface area contributed by atoms with Gasteiger partial charge in [-0.1, -0.05) is 0 Å². The Balaban J connectivity index is 3.39. The predicted molar refractivity (Wildman–Crippen MR) is 28.8 cm³/mol. The molecule has 0 aliphatic carbocycles. The molecule has 0 aliphatic heterocycles. The summed E-state index contributed by atoms with van der Waals surface area (Å²) in [6.07, 6.45) is -0.838. The van der Waals surface area contributed by atoms with Crippen molar-refractivity contribution in [2.24, 2.45) is 0 Å². The smallest absolute Gasteiger partial charge is 0.165 e. The second-order valence-electron chi connectivity index (χ2n) is 2.04. The zero-order valence-corrected chi connectivity index (χ0v) is 4.83. The fourth-order valence-electron chi connectivity index (χ4n) is 0.473. The molecule has 3 heteroatoms. The van der Waals surface area contributed by atoms with E-state index < -0.39 is 11.9 Å². The van der Waals surface area contributed by atoms with Crippen molar-refractivity contribution in [1.29, 1.82) is 0 Å². The summed E-state index contributed by atoms with van der Waals surface area (Å²) in [5, 5.41) is 25.5. The van der Waals surface area contributed by atoms with Gasteiger partial charge in [0.2, 0.25) is 0 Å². The van der Waals surface area contributed by atoms with Gasteiger partial charge < -0.3 is 15.3 Å². The molecule has 0 heterocycles. The van der Waals surface area contributed by atoms with E-state index in [4.69, 9.17) is 15.3 Å². The molecule has 0 aromatic rings. The van der Waals surface area contributed by atoms with E-state index in [0.717, 1.165) is 0 Å². The lowest BCUT2D eigenvalue weighted by Crippen LogP contribution is -2.28. The Hall–Kier alpha value is -0.120.